The van der Waals surface area contributed by atoms with Gasteiger partial charge >= 0.3 is 5.97 Å². The number of carboxylic acids is 1. The van der Waals surface area contributed by atoms with E-state index in [0.717, 1.165) is 25.0 Å². The summed E-state index contributed by atoms with van der Waals surface area (Å²) in [5.41, 5.74) is 9.78. The molecule has 0 radical (unpaired) electrons. The van der Waals surface area contributed by atoms with Crippen LogP contribution in [-0.4, -0.2) is 23.7 Å². The zero-order chi connectivity index (χ0) is 13.8. The van der Waals surface area contributed by atoms with Crippen LogP contribution in [-0.2, 0) is 24.1 Å². The molecule has 1 unspecified atom stereocenters. The zero-order valence-electron chi connectivity index (χ0n) is 11.3. The number of aliphatic carboxylic acids is 1. The molecule has 4 heteroatoms. The normalized spacial score (nSPS) is 17.3. The van der Waals surface area contributed by atoms with Crippen molar-refractivity contribution in [3.05, 3.63) is 28.8 Å². The van der Waals surface area contributed by atoms with Gasteiger partial charge in [0.15, 0.2) is 0 Å². The van der Waals surface area contributed by atoms with E-state index >= 15 is 0 Å². The van der Waals surface area contributed by atoms with E-state index in [4.69, 9.17) is 15.6 Å². The second-order valence-corrected chi connectivity index (χ2v) is 5.03. The van der Waals surface area contributed by atoms with Gasteiger partial charge in [0, 0.05) is 12.5 Å². The van der Waals surface area contributed by atoms with Gasteiger partial charge in [-0.15, -0.1) is 0 Å². The second kappa shape index (κ2) is 6.06. The highest BCUT2D eigenvalue weighted by molar-refractivity contribution is 5.66. The Morgan fingerprint density at radius 2 is 2.16 bits per heavy atom. The quantitative estimate of drug-likeness (QED) is 0.822. The van der Waals surface area contributed by atoms with Gasteiger partial charge in [-0.25, -0.2) is 0 Å². The van der Waals surface area contributed by atoms with E-state index < -0.39 is 5.97 Å². The maximum absolute atomic E-state index is 10.6. The molecular weight excluding hydrogens is 242 g/mol. The minimum absolute atomic E-state index is 0.162. The summed E-state index contributed by atoms with van der Waals surface area (Å²) in [5, 5.41) is 8.70. The maximum Gasteiger partial charge on any atom is 0.303 e. The lowest BCUT2D eigenvalue weighted by Crippen LogP contribution is -2.19. The van der Waals surface area contributed by atoms with E-state index in [1.807, 2.05) is 13.0 Å². The lowest BCUT2D eigenvalue weighted by atomic mass is 9.98. The van der Waals surface area contributed by atoms with E-state index in [9.17, 15) is 4.79 Å². The third kappa shape index (κ3) is 3.26. The van der Waals surface area contributed by atoms with Crippen molar-refractivity contribution in [1.29, 1.82) is 0 Å². The van der Waals surface area contributed by atoms with Crippen molar-refractivity contribution < 1.29 is 14.6 Å². The maximum atomic E-state index is 10.6. The first-order chi connectivity index (χ1) is 9.11. The van der Waals surface area contributed by atoms with E-state index in [1.54, 1.807) is 0 Å². The number of carboxylic acid groups (broad SMARTS) is 1. The van der Waals surface area contributed by atoms with Crippen LogP contribution in [0.15, 0.2) is 12.1 Å². The molecule has 0 amide bonds. The standard InChI is InChI=1S/C15H21NO3/c1-2-19-14-7-6-10(4-3-5-15(17)18)12-8-11(16)9-13(12)14/h6-7,11H,2-5,8-9,16H2,1H3,(H,17,18). The van der Waals surface area contributed by atoms with Crippen molar-refractivity contribution in [1.82, 2.24) is 0 Å². The van der Waals surface area contributed by atoms with E-state index in [0.29, 0.717) is 13.0 Å². The van der Waals surface area contributed by atoms with Crippen LogP contribution < -0.4 is 10.5 Å². The van der Waals surface area contributed by atoms with Crippen LogP contribution in [0, 0.1) is 0 Å². The molecule has 3 N–H and O–H groups in total. The summed E-state index contributed by atoms with van der Waals surface area (Å²) < 4.78 is 5.65. The highest BCUT2D eigenvalue weighted by Gasteiger charge is 2.24. The first-order valence-corrected chi connectivity index (χ1v) is 6.85. The minimum Gasteiger partial charge on any atom is -0.494 e. The summed E-state index contributed by atoms with van der Waals surface area (Å²) in [6.45, 7) is 2.63. The first-order valence-electron chi connectivity index (χ1n) is 6.85. The summed E-state index contributed by atoms with van der Waals surface area (Å²) in [6.07, 6.45) is 3.42. The number of ether oxygens (including phenoxy) is 1. The van der Waals surface area contributed by atoms with Crippen LogP contribution in [0.5, 0.6) is 5.75 Å². The minimum atomic E-state index is -0.737. The van der Waals surface area contributed by atoms with Gasteiger partial charge in [0.2, 0.25) is 0 Å². The number of benzene rings is 1. The summed E-state index contributed by atoms with van der Waals surface area (Å²) in [5.74, 6) is 0.201. The predicted molar refractivity (Wildman–Crippen MR) is 73.6 cm³/mol. The molecule has 2 rings (SSSR count). The molecule has 1 aromatic rings. The third-order valence-electron chi connectivity index (χ3n) is 3.55. The number of rotatable bonds is 6. The number of nitrogens with two attached hydrogens (primary N) is 1. The average molecular weight is 263 g/mol. The van der Waals surface area contributed by atoms with Gasteiger partial charge < -0.3 is 15.6 Å². The van der Waals surface area contributed by atoms with Crippen molar-refractivity contribution >= 4 is 5.97 Å². The Labute approximate surface area is 113 Å². The predicted octanol–water partition coefficient (Wildman–Crippen LogP) is 1.92. The molecule has 0 bridgehead atoms. The summed E-state index contributed by atoms with van der Waals surface area (Å²) in [4.78, 5) is 10.6. The van der Waals surface area contributed by atoms with Crippen molar-refractivity contribution in [2.75, 3.05) is 6.61 Å². The van der Waals surface area contributed by atoms with Gasteiger partial charge in [0.1, 0.15) is 5.75 Å². The summed E-state index contributed by atoms with van der Waals surface area (Å²) >= 11 is 0. The molecule has 4 nitrogen and oxygen atoms in total. The molecule has 0 fully saturated rings. The molecule has 1 aliphatic carbocycles. The fraction of sp³-hybridized carbons (Fsp3) is 0.533. The van der Waals surface area contributed by atoms with Crippen molar-refractivity contribution in [3.8, 4) is 5.75 Å². The molecule has 0 aliphatic heterocycles. The number of hydrogen-bond donors (Lipinski definition) is 2. The Balaban J connectivity index is 2.17. The highest BCUT2D eigenvalue weighted by Crippen LogP contribution is 2.33. The number of hydrogen-bond acceptors (Lipinski definition) is 3. The number of carbonyl (C=O) groups is 1. The van der Waals surface area contributed by atoms with Crippen LogP contribution in [0.4, 0.5) is 0 Å². The van der Waals surface area contributed by atoms with Gasteiger partial charge in [-0.3, -0.25) is 4.79 Å². The monoisotopic (exact) mass is 263 g/mol. The van der Waals surface area contributed by atoms with Crippen LogP contribution in [0.3, 0.4) is 0 Å². The Kier molecular flexibility index (Phi) is 4.43. The van der Waals surface area contributed by atoms with Crippen molar-refractivity contribution in [3.63, 3.8) is 0 Å². The van der Waals surface area contributed by atoms with E-state index in [-0.39, 0.29) is 12.5 Å². The van der Waals surface area contributed by atoms with Crippen LogP contribution >= 0.6 is 0 Å². The van der Waals surface area contributed by atoms with Crippen molar-refractivity contribution in [2.45, 2.75) is 45.1 Å². The second-order valence-electron chi connectivity index (χ2n) is 5.03. The van der Waals surface area contributed by atoms with Gasteiger partial charge in [-0.05, 0) is 55.4 Å². The number of fused-ring (bicyclic) bond motifs is 1. The molecule has 0 spiro atoms. The van der Waals surface area contributed by atoms with Gasteiger partial charge in [0.25, 0.3) is 0 Å². The summed E-state index contributed by atoms with van der Waals surface area (Å²) in [7, 11) is 0. The van der Waals surface area contributed by atoms with Gasteiger partial charge in [0.05, 0.1) is 6.61 Å². The van der Waals surface area contributed by atoms with Crippen LogP contribution in [0.2, 0.25) is 0 Å². The molecule has 0 heterocycles. The zero-order valence-corrected chi connectivity index (χ0v) is 11.3. The Morgan fingerprint density at radius 1 is 1.42 bits per heavy atom. The molecule has 0 saturated heterocycles. The SMILES string of the molecule is CCOc1ccc(CCCC(=O)O)c2c1CC(N)C2. The summed E-state index contributed by atoms with van der Waals surface area (Å²) in [6, 6.07) is 4.22. The Bertz CT molecular complexity index is 471. The molecule has 104 valence electrons. The molecule has 1 aromatic carbocycles. The molecule has 0 saturated carbocycles. The fourth-order valence-electron chi connectivity index (χ4n) is 2.75. The molecule has 1 aliphatic rings. The third-order valence-corrected chi connectivity index (χ3v) is 3.55. The molecular formula is C15H21NO3. The Hall–Kier alpha value is -1.55. The topological polar surface area (TPSA) is 72.5 Å². The fourth-order valence-corrected chi connectivity index (χ4v) is 2.75. The van der Waals surface area contributed by atoms with Gasteiger partial charge in [-0.1, -0.05) is 6.07 Å². The molecule has 19 heavy (non-hydrogen) atoms. The van der Waals surface area contributed by atoms with E-state index in [1.165, 1.54) is 16.7 Å². The molecule has 1 atom stereocenters. The van der Waals surface area contributed by atoms with Crippen LogP contribution in [0.25, 0.3) is 0 Å². The highest BCUT2D eigenvalue weighted by atomic mass is 16.5. The average Bonchev–Trinajstić information content (AvgIpc) is 2.73. The smallest absolute Gasteiger partial charge is 0.303 e. The first kappa shape index (κ1) is 13.9. The largest absolute Gasteiger partial charge is 0.494 e. The molecule has 0 aromatic heterocycles. The lowest BCUT2D eigenvalue weighted by Gasteiger charge is -2.13. The number of aryl methyl sites for hydroxylation is 1. The Morgan fingerprint density at radius 3 is 2.84 bits per heavy atom. The lowest BCUT2D eigenvalue weighted by molar-refractivity contribution is -0.137. The van der Waals surface area contributed by atoms with E-state index in [2.05, 4.69) is 6.07 Å². The van der Waals surface area contributed by atoms with Crippen molar-refractivity contribution in [2.24, 2.45) is 5.73 Å². The van der Waals surface area contributed by atoms with Crippen LogP contribution in [0.1, 0.15) is 36.5 Å². The van der Waals surface area contributed by atoms with Gasteiger partial charge in [-0.2, -0.15) is 0 Å².